The van der Waals surface area contributed by atoms with Crippen molar-refractivity contribution in [1.29, 1.82) is 0 Å². The molecular weight excluding hydrogens is 394 g/mol. The van der Waals surface area contributed by atoms with Gasteiger partial charge in [-0.3, -0.25) is 9.48 Å². The number of hydrogen-bond donors (Lipinski definition) is 0. The zero-order valence-corrected chi connectivity index (χ0v) is 17.5. The molecule has 4 rings (SSSR count). The molecule has 0 aliphatic carbocycles. The first-order valence-corrected chi connectivity index (χ1v) is 10.4. The van der Waals surface area contributed by atoms with E-state index >= 15 is 0 Å². The number of methoxy groups -OCH3 is 1. The smallest absolute Gasteiger partial charge is 0.342 e. The largest absolute Gasteiger partial charge is 0.496 e. The molecule has 160 valence electrons. The minimum atomic E-state index is -0.576. The molecule has 1 amide bonds. The third-order valence-corrected chi connectivity index (χ3v) is 5.32. The van der Waals surface area contributed by atoms with Crippen LogP contribution in [-0.4, -0.2) is 53.4 Å². The van der Waals surface area contributed by atoms with E-state index in [-0.39, 0.29) is 12.5 Å². The summed E-state index contributed by atoms with van der Waals surface area (Å²) in [6.07, 6.45) is 3.64. The number of nitrogens with zero attached hydrogens (tertiary/aromatic N) is 3. The van der Waals surface area contributed by atoms with E-state index in [1.54, 1.807) is 22.9 Å². The van der Waals surface area contributed by atoms with Crippen LogP contribution >= 0.6 is 0 Å². The number of ether oxygens (including phenoxy) is 2. The zero-order valence-electron chi connectivity index (χ0n) is 17.5. The van der Waals surface area contributed by atoms with Crippen LogP contribution < -0.4 is 4.74 Å². The predicted octanol–water partition coefficient (Wildman–Crippen LogP) is 3.39. The van der Waals surface area contributed by atoms with Crippen molar-refractivity contribution >= 4 is 11.9 Å². The number of para-hydroxylation sites is 1. The summed E-state index contributed by atoms with van der Waals surface area (Å²) in [4.78, 5) is 27.0. The van der Waals surface area contributed by atoms with Crippen molar-refractivity contribution in [2.24, 2.45) is 0 Å². The Kier molecular flexibility index (Phi) is 6.31. The van der Waals surface area contributed by atoms with Gasteiger partial charge in [0.2, 0.25) is 0 Å². The van der Waals surface area contributed by atoms with Crippen molar-refractivity contribution in [3.63, 3.8) is 0 Å². The van der Waals surface area contributed by atoms with E-state index in [0.717, 1.165) is 31.5 Å². The second-order valence-corrected chi connectivity index (χ2v) is 7.44. The molecule has 3 aromatic rings. The Bertz CT molecular complexity index is 1060. The first-order chi connectivity index (χ1) is 15.2. The van der Waals surface area contributed by atoms with Crippen LogP contribution in [0.5, 0.6) is 5.75 Å². The number of hydrogen-bond acceptors (Lipinski definition) is 5. The Balaban J connectivity index is 1.61. The highest BCUT2D eigenvalue weighted by atomic mass is 16.5. The van der Waals surface area contributed by atoms with E-state index in [9.17, 15) is 9.59 Å². The Hall–Kier alpha value is -3.61. The topological polar surface area (TPSA) is 73.7 Å². The van der Waals surface area contributed by atoms with Gasteiger partial charge in [0, 0.05) is 24.8 Å². The van der Waals surface area contributed by atoms with Crippen LogP contribution in [0.4, 0.5) is 0 Å². The van der Waals surface area contributed by atoms with Gasteiger partial charge in [-0.15, -0.1) is 0 Å². The highest BCUT2D eigenvalue weighted by molar-refractivity contribution is 5.97. The highest BCUT2D eigenvalue weighted by Gasteiger charge is 2.24. The minimum Gasteiger partial charge on any atom is -0.496 e. The van der Waals surface area contributed by atoms with Crippen LogP contribution in [0, 0.1) is 0 Å². The molecule has 0 radical (unpaired) electrons. The summed E-state index contributed by atoms with van der Waals surface area (Å²) in [6.45, 7) is 1.67. The number of amides is 1. The molecule has 1 aromatic heterocycles. The van der Waals surface area contributed by atoms with Crippen molar-refractivity contribution in [3.8, 4) is 17.0 Å². The van der Waals surface area contributed by atoms with Gasteiger partial charge in [0.25, 0.3) is 5.91 Å². The molecule has 1 saturated heterocycles. The fourth-order valence-corrected chi connectivity index (χ4v) is 3.72. The Morgan fingerprint density at radius 1 is 1.00 bits per heavy atom. The number of esters is 1. The average molecular weight is 419 g/mol. The molecule has 0 bridgehead atoms. The average Bonchev–Trinajstić information content (AvgIpc) is 3.48. The van der Waals surface area contributed by atoms with Crippen molar-refractivity contribution in [1.82, 2.24) is 14.7 Å². The summed E-state index contributed by atoms with van der Waals surface area (Å²) in [5, 5.41) is 4.65. The fourth-order valence-electron chi connectivity index (χ4n) is 3.72. The molecule has 0 unspecified atom stereocenters. The maximum atomic E-state index is 12.9. The third-order valence-electron chi connectivity index (χ3n) is 5.32. The Morgan fingerprint density at radius 3 is 2.45 bits per heavy atom. The minimum absolute atomic E-state index is 0.165. The molecule has 2 heterocycles. The fraction of sp³-hybridized carbons (Fsp3) is 0.292. The summed E-state index contributed by atoms with van der Waals surface area (Å²) in [5.41, 5.74) is 2.51. The van der Waals surface area contributed by atoms with Crippen LogP contribution in [-0.2, 0) is 16.1 Å². The van der Waals surface area contributed by atoms with Gasteiger partial charge in [-0.05, 0) is 30.5 Å². The number of rotatable bonds is 7. The predicted molar refractivity (Wildman–Crippen MR) is 116 cm³/mol. The van der Waals surface area contributed by atoms with E-state index in [1.807, 2.05) is 54.6 Å². The molecule has 1 aliphatic rings. The highest BCUT2D eigenvalue weighted by Crippen LogP contribution is 2.31. The molecule has 0 atom stereocenters. The van der Waals surface area contributed by atoms with E-state index < -0.39 is 5.97 Å². The quantitative estimate of drug-likeness (QED) is 0.549. The van der Waals surface area contributed by atoms with Crippen molar-refractivity contribution in [3.05, 3.63) is 71.9 Å². The number of carbonyl (C=O) groups excluding carboxylic acids is 2. The van der Waals surface area contributed by atoms with Crippen molar-refractivity contribution < 1.29 is 19.1 Å². The molecule has 0 spiro atoms. The normalized spacial score (nSPS) is 13.3. The first kappa shape index (κ1) is 20.7. The molecule has 0 N–H and O–H groups in total. The molecule has 7 heteroatoms. The second-order valence-electron chi connectivity index (χ2n) is 7.44. The summed E-state index contributed by atoms with van der Waals surface area (Å²) in [5.74, 6) is -0.135. The van der Waals surface area contributed by atoms with E-state index in [2.05, 4.69) is 5.10 Å². The molecular formula is C24H25N3O4. The van der Waals surface area contributed by atoms with Gasteiger partial charge in [0.15, 0.2) is 6.61 Å². The molecule has 0 saturated carbocycles. The number of likely N-dealkylation sites (tertiary alicyclic amines) is 1. The molecule has 7 nitrogen and oxygen atoms in total. The summed E-state index contributed by atoms with van der Waals surface area (Å²) < 4.78 is 12.5. The Labute approximate surface area is 181 Å². The third kappa shape index (κ3) is 4.77. The summed E-state index contributed by atoms with van der Waals surface area (Å²) in [7, 11) is 1.58. The number of carbonyl (C=O) groups is 2. The van der Waals surface area contributed by atoms with Gasteiger partial charge in [-0.25, -0.2) is 4.79 Å². The van der Waals surface area contributed by atoms with E-state index in [4.69, 9.17) is 9.47 Å². The lowest BCUT2D eigenvalue weighted by Crippen LogP contribution is -2.32. The van der Waals surface area contributed by atoms with Gasteiger partial charge in [-0.2, -0.15) is 5.10 Å². The van der Waals surface area contributed by atoms with Crippen LogP contribution in [0.3, 0.4) is 0 Å². The molecule has 2 aromatic carbocycles. The van der Waals surface area contributed by atoms with Gasteiger partial charge in [-0.1, -0.05) is 42.5 Å². The monoisotopic (exact) mass is 419 g/mol. The maximum Gasteiger partial charge on any atom is 0.342 e. The summed E-state index contributed by atoms with van der Waals surface area (Å²) in [6, 6.07) is 17.2. The molecule has 1 aliphatic heterocycles. The van der Waals surface area contributed by atoms with Crippen LogP contribution in [0.2, 0.25) is 0 Å². The van der Waals surface area contributed by atoms with Crippen molar-refractivity contribution in [2.45, 2.75) is 19.4 Å². The number of aromatic nitrogens is 2. The lowest BCUT2D eigenvalue weighted by Gasteiger charge is -2.15. The van der Waals surface area contributed by atoms with E-state index in [1.165, 1.54) is 0 Å². The zero-order chi connectivity index (χ0) is 21.6. The molecule has 31 heavy (non-hydrogen) atoms. The van der Waals surface area contributed by atoms with Gasteiger partial charge >= 0.3 is 5.97 Å². The van der Waals surface area contributed by atoms with Gasteiger partial charge < -0.3 is 14.4 Å². The lowest BCUT2D eigenvalue weighted by atomic mass is 10.1. The van der Waals surface area contributed by atoms with E-state index in [0.29, 0.717) is 29.1 Å². The van der Waals surface area contributed by atoms with Crippen LogP contribution in [0.15, 0.2) is 60.8 Å². The molecule has 1 fully saturated rings. The van der Waals surface area contributed by atoms with Crippen LogP contribution in [0.1, 0.15) is 28.8 Å². The maximum absolute atomic E-state index is 12.9. The van der Waals surface area contributed by atoms with Gasteiger partial charge in [0.05, 0.1) is 13.7 Å². The lowest BCUT2D eigenvalue weighted by molar-refractivity contribution is -0.133. The van der Waals surface area contributed by atoms with Gasteiger partial charge in [0.1, 0.15) is 17.0 Å². The summed E-state index contributed by atoms with van der Waals surface area (Å²) >= 11 is 0. The number of benzene rings is 2. The van der Waals surface area contributed by atoms with Crippen molar-refractivity contribution in [2.75, 3.05) is 26.8 Å². The SMILES string of the molecule is COc1ccccc1-c1nn(Cc2ccccc2)cc1C(=O)OCC(=O)N1CCCC1. The standard InChI is InChI=1S/C24H25N3O4/c1-30-21-12-6-5-11-19(21)23-20(16-27(25-23)15-18-9-3-2-4-10-18)24(29)31-17-22(28)26-13-7-8-14-26/h2-6,9-12,16H,7-8,13-15,17H2,1H3. The second kappa shape index (κ2) is 9.47. The first-order valence-electron chi connectivity index (χ1n) is 10.4. The van der Waals surface area contributed by atoms with Crippen LogP contribution in [0.25, 0.3) is 11.3 Å². The Morgan fingerprint density at radius 2 is 1.71 bits per heavy atom.